The molecule has 2 N–H and O–H groups in total. The molecule has 2 aromatic rings. The first-order chi connectivity index (χ1) is 9.64. The lowest BCUT2D eigenvalue weighted by atomic mass is 10.3. The van der Waals surface area contributed by atoms with Crippen LogP contribution >= 0.6 is 11.6 Å². The van der Waals surface area contributed by atoms with E-state index in [2.05, 4.69) is 20.6 Å². The molecule has 0 unspecified atom stereocenters. The first-order valence-electron chi connectivity index (χ1n) is 6.44. The molecule has 1 aromatic carbocycles. The van der Waals surface area contributed by atoms with E-state index < -0.39 is 0 Å². The maximum Gasteiger partial charge on any atom is 0.136 e. The lowest BCUT2D eigenvalue weighted by Gasteiger charge is -2.10. The summed E-state index contributed by atoms with van der Waals surface area (Å²) in [7, 11) is 1.81. The van der Waals surface area contributed by atoms with Crippen LogP contribution in [0.5, 0.6) is 0 Å². The molecule has 0 atom stereocenters. The van der Waals surface area contributed by atoms with Gasteiger partial charge in [0.15, 0.2) is 0 Å². The highest BCUT2D eigenvalue weighted by Gasteiger charge is 2.27. The maximum atomic E-state index is 13.3. The first-order valence-corrected chi connectivity index (χ1v) is 6.81. The summed E-state index contributed by atoms with van der Waals surface area (Å²) >= 11 is 5.84. The number of anilines is 3. The molecule has 0 radical (unpaired) electrons. The average Bonchev–Trinajstić information content (AvgIpc) is 3.21. The molecule has 1 heterocycles. The van der Waals surface area contributed by atoms with Gasteiger partial charge in [0.25, 0.3) is 0 Å². The quantitative estimate of drug-likeness (QED) is 0.896. The lowest BCUT2D eigenvalue weighted by molar-refractivity contribution is 0.628. The Morgan fingerprint density at radius 1 is 1.15 bits per heavy atom. The van der Waals surface area contributed by atoms with Crippen LogP contribution < -0.4 is 10.6 Å². The third kappa shape index (κ3) is 2.99. The Morgan fingerprint density at radius 2 is 1.90 bits per heavy atom. The predicted octanol–water partition coefficient (Wildman–Crippen LogP) is 3.93. The second kappa shape index (κ2) is 5.25. The summed E-state index contributed by atoms with van der Waals surface area (Å²) in [4.78, 5) is 8.90. The number of hydrogen-bond acceptors (Lipinski definition) is 4. The Labute approximate surface area is 121 Å². The van der Waals surface area contributed by atoms with Gasteiger partial charge in [0, 0.05) is 29.7 Å². The monoisotopic (exact) mass is 292 g/mol. The number of nitrogens with one attached hydrogen (secondary N) is 2. The average molecular weight is 293 g/mol. The lowest BCUT2D eigenvalue weighted by Crippen LogP contribution is -2.03. The van der Waals surface area contributed by atoms with Crippen molar-refractivity contribution in [3.63, 3.8) is 0 Å². The molecule has 1 aromatic heterocycles. The van der Waals surface area contributed by atoms with E-state index in [9.17, 15) is 4.39 Å². The van der Waals surface area contributed by atoms with Gasteiger partial charge in [-0.3, -0.25) is 0 Å². The van der Waals surface area contributed by atoms with Crippen molar-refractivity contribution in [3.05, 3.63) is 40.9 Å². The molecule has 0 spiro atoms. The zero-order valence-corrected chi connectivity index (χ0v) is 11.7. The molecule has 3 rings (SSSR count). The van der Waals surface area contributed by atoms with Gasteiger partial charge in [-0.15, -0.1) is 0 Å². The van der Waals surface area contributed by atoms with Crippen LogP contribution in [0.2, 0.25) is 5.02 Å². The van der Waals surface area contributed by atoms with Gasteiger partial charge >= 0.3 is 0 Å². The second-order valence-corrected chi connectivity index (χ2v) is 5.24. The summed E-state index contributed by atoms with van der Waals surface area (Å²) in [6.07, 6.45) is 2.25. The highest BCUT2D eigenvalue weighted by molar-refractivity contribution is 6.30. The van der Waals surface area contributed by atoms with Gasteiger partial charge in [0.2, 0.25) is 0 Å². The molecule has 104 valence electrons. The largest absolute Gasteiger partial charge is 0.373 e. The molecular weight excluding hydrogens is 279 g/mol. The van der Waals surface area contributed by atoms with Crippen molar-refractivity contribution in [1.29, 1.82) is 0 Å². The Kier molecular flexibility index (Phi) is 3.44. The normalized spacial score (nSPS) is 14.2. The Bertz CT molecular complexity index is 623. The topological polar surface area (TPSA) is 49.8 Å². The van der Waals surface area contributed by atoms with Gasteiger partial charge < -0.3 is 10.6 Å². The highest BCUT2D eigenvalue weighted by atomic mass is 35.5. The Balaban J connectivity index is 1.90. The van der Waals surface area contributed by atoms with Crippen molar-refractivity contribution in [2.24, 2.45) is 0 Å². The van der Waals surface area contributed by atoms with Crippen molar-refractivity contribution < 1.29 is 4.39 Å². The summed E-state index contributed by atoms with van der Waals surface area (Å²) in [5, 5.41) is 6.42. The van der Waals surface area contributed by atoms with E-state index in [1.807, 2.05) is 7.05 Å². The van der Waals surface area contributed by atoms with E-state index >= 15 is 0 Å². The molecule has 6 heteroatoms. The summed E-state index contributed by atoms with van der Waals surface area (Å²) < 4.78 is 13.3. The van der Waals surface area contributed by atoms with Crippen LogP contribution in [0.3, 0.4) is 0 Å². The predicted molar refractivity (Wildman–Crippen MR) is 78.2 cm³/mol. The van der Waals surface area contributed by atoms with E-state index in [1.165, 1.54) is 12.1 Å². The molecule has 1 aliphatic carbocycles. The summed E-state index contributed by atoms with van der Waals surface area (Å²) in [5.41, 5.74) is 0.567. The van der Waals surface area contributed by atoms with E-state index in [0.717, 1.165) is 24.5 Å². The number of rotatable bonds is 4. The Morgan fingerprint density at radius 3 is 2.55 bits per heavy atom. The molecule has 1 fully saturated rings. The number of nitrogens with zero attached hydrogens (tertiary/aromatic N) is 2. The molecule has 1 saturated carbocycles. The summed E-state index contributed by atoms with van der Waals surface area (Å²) in [6, 6.07) is 6.08. The van der Waals surface area contributed by atoms with Crippen LogP contribution in [0.15, 0.2) is 24.3 Å². The Hall–Kier alpha value is -1.88. The van der Waals surface area contributed by atoms with Crippen LogP contribution in [0, 0.1) is 5.82 Å². The van der Waals surface area contributed by atoms with Crippen LogP contribution in [0.1, 0.15) is 24.6 Å². The minimum atomic E-state index is -0.384. The van der Waals surface area contributed by atoms with E-state index in [-0.39, 0.29) is 5.82 Å². The van der Waals surface area contributed by atoms with Crippen molar-refractivity contribution >= 4 is 28.9 Å². The fourth-order valence-electron chi connectivity index (χ4n) is 1.96. The first kappa shape index (κ1) is 13.1. The molecule has 0 amide bonds. The number of hydrogen-bond donors (Lipinski definition) is 2. The maximum absolute atomic E-state index is 13.3. The van der Waals surface area contributed by atoms with Crippen LogP contribution in [0.4, 0.5) is 21.7 Å². The van der Waals surface area contributed by atoms with Gasteiger partial charge in [-0.1, -0.05) is 11.6 Å². The van der Waals surface area contributed by atoms with Crippen LogP contribution in [-0.4, -0.2) is 17.0 Å². The fraction of sp³-hybridized carbons (Fsp3) is 0.286. The number of benzene rings is 1. The standard InChI is InChI=1S/C14H14ClFN4/c1-17-12-7-13(20-14(19-12)8-2-3-8)18-11-5-9(15)4-10(16)6-11/h4-8H,2-3H2,1H3,(H2,17,18,19,20). The van der Waals surface area contributed by atoms with E-state index in [1.54, 1.807) is 12.1 Å². The van der Waals surface area contributed by atoms with Crippen molar-refractivity contribution in [2.45, 2.75) is 18.8 Å². The molecule has 0 bridgehead atoms. The van der Waals surface area contributed by atoms with Gasteiger partial charge in [-0.05, 0) is 31.0 Å². The van der Waals surface area contributed by atoms with Crippen molar-refractivity contribution in [1.82, 2.24) is 9.97 Å². The number of aromatic nitrogens is 2. The zero-order valence-electron chi connectivity index (χ0n) is 11.0. The van der Waals surface area contributed by atoms with E-state index in [0.29, 0.717) is 22.4 Å². The molecular formula is C14H14ClFN4. The number of halogens is 2. The summed E-state index contributed by atoms with van der Waals surface area (Å²) in [5.74, 6) is 2.26. The third-order valence-electron chi connectivity index (χ3n) is 3.08. The van der Waals surface area contributed by atoms with Crippen LogP contribution in [0.25, 0.3) is 0 Å². The molecule has 20 heavy (non-hydrogen) atoms. The smallest absolute Gasteiger partial charge is 0.136 e. The zero-order chi connectivity index (χ0) is 14.1. The minimum absolute atomic E-state index is 0.345. The van der Waals surface area contributed by atoms with E-state index in [4.69, 9.17) is 11.6 Å². The van der Waals surface area contributed by atoms with Crippen LogP contribution in [-0.2, 0) is 0 Å². The fourth-order valence-corrected chi connectivity index (χ4v) is 2.18. The summed E-state index contributed by atoms with van der Waals surface area (Å²) in [6.45, 7) is 0. The van der Waals surface area contributed by atoms with Gasteiger partial charge in [-0.25, -0.2) is 14.4 Å². The molecule has 4 nitrogen and oxygen atoms in total. The van der Waals surface area contributed by atoms with Gasteiger partial charge in [0.1, 0.15) is 23.3 Å². The second-order valence-electron chi connectivity index (χ2n) is 4.80. The SMILES string of the molecule is CNc1cc(Nc2cc(F)cc(Cl)c2)nc(C2CC2)n1. The van der Waals surface area contributed by atoms with Crippen molar-refractivity contribution in [2.75, 3.05) is 17.7 Å². The van der Waals surface area contributed by atoms with Gasteiger partial charge in [-0.2, -0.15) is 0 Å². The highest BCUT2D eigenvalue weighted by Crippen LogP contribution is 2.39. The third-order valence-corrected chi connectivity index (χ3v) is 3.30. The van der Waals surface area contributed by atoms with Crippen molar-refractivity contribution in [3.8, 4) is 0 Å². The minimum Gasteiger partial charge on any atom is -0.373 e. The molecule has 0 aliphatic heterocycles. The molecule has 1 aliphatic rings. The van der Waals surface area contributed by atoms with Gasteiger partial charge in [0.05, 0.1) is 0 Å². The molecule has 0 saturated heterocycles.